The number of aryl methyl sites for hydroxylation is 1. The van der Waals surface area contributed by atoms with Gasteiger partial charge in [0.2, 0.25) is 0 Å². The lowest BCUT2D eigenvalue weighted by Crippen LogP contribution is -2.45. The topological polar surface area (TPSA) is 68.4 Å². The van der Waals surface area contributed by atoms with E-state index in [1.165, 1.54) is 0 Å². The average Bonchev–Trinajstić information content (AvgIpc) is 2.51. The maximum atomic E-state index is 12.2. The van der Waals surface area contributed by atoms with Gasteiger partial charge < -0.3 is 20.1 Å². The molecule has 0 unspecified atom stereocenters. The van der Waals surface area contributed by atoms with Crippen LogP contribution in [-0.4, -0.2) is 67.0 Å². The highest BCUT2D eigenvalue weighted by atomic mass is 35.5. The number of piperazine rings is 1. The molecule has 0 radical (unpaired) electrons. The Kier molecular flexibility index (Phi) is 6.21. The fourth-order valence-electron chi connectivity index (χ4n) is 2.79. The third-order valence-corrected chi connectivity index (χ3v) is 4.89. The largest absolute Gasteiger partial charge is 0.352 e. The maximum absolute atomic E-state index is 12.2. The summed E-state index contributed by atoms with van der Waals surface area (Å²) in [4.78, 5) is 31.5. The average molecular weight is 341 g/mol. The Morgan fingerprint density at radius 1 is 1.26 bits per heavy atom. The fourth-order valence-corrected chi connectivity index (χ4v) is 2.93. The van der Waals surface area contributed by atoms with Crippen molar-refractivity contribution in [3.05, 3.63) is 32.2 Å². The number of halogens is 1. The van der Waals surface area contributed by atoms with Gasteiger partial charge in [0, 0.05) is 38.4 Å². The van der Waals surface area contributed by atoms with Crippen LogP contribution in [0.5, 0.6) is 0 Å². The molecule has 1 amide bonds. The van der Waals surface area contributed by atoms with Crippen molar-refractivity contribution in [2.24, 2.45) is 0 Å². The van der Waals surface area contributed by atoms with E-state index in [4.69, 9.17) is 11.6 Å². The number of pyridine rings is 1. The van der Waals surface area contributed by atoms with Crippen LogP contribution in [0, 0.1) is 13.8 Å². The van der Waals surface area contributed by atoms with Gasteiger partial charge in [-0.15, -0.1) is 0 Å². The molecule has 2 heterocycles. The molecule has 1 fully saturated rings. The highest BCUT2D eigenvalue weighted by molar-refractivity contribution is 6.32. The van der Waals surface area contributed by atoms with Gasteiger partial charge in [-0.3, -0.25) is 9.59 Å². The monoisotopic (exact) mass is 340 g/mol. The number of aromatic amines is 1. The summed E-state index contributed by atoms with van der Waals surface area (Å²) in [5, 5.41) is 3.26. The van der Waals surface area contributed by atoms with Crippen LogP contribution in [0.25, 0.3) is 0 Å². The number of amides is 1. The molecule has 0 bridgehead atoms. The minimum atomic E-state index is -0.388. The van der Waals surface area contributed by atoms with Crippen molar-refractivity contribution in [2.45, 2.75) is 20.3 Å². The predicted octanol–water partition coefficient (Wildman–Crippen LogP) is 1.01. The molecule has 1 aliphatic heterocycles. The highest BCUT2D eigenvalue weighted by Crippen LogP contribution is 2.18. The molecule has 23 heavy (non-hydrogen) atoms. The van der Waals surface area contributed by atoms with Crippen LogP contribution in [0.4, 0.5) is 0 Å². The normalized spacial score (nSPS) is 16.5. The molecular weight excluding hydrogens is 316 g/mol. The highest BCUT2D eigenvalue weighted by Gasteiger charge is 2.18. The Hall–Kier alpha value is -1.37. The number of H-pyrrole nitrogens is 1. The molecule has 128 valence electrons. The fraction of sp³-hybridized carbons (Fsp3) is 0.625. The molecular formula is C16H25ClN4O2. The Morgan fingerprint density at radius 2 is 1.91 bits per heavy atom. The molecule has 1 aromatic heterocycles. The van der Waals surface area contributed by atoms with Gasteiger partial charge in [0.1, 0.15) is 5.56 Å². The standard InChI is InChI=1S/C16H25ClN4O2/c1-11-13(16(23)19-12(2)14(11)17)15(22)18-5-4-6-21-9-7-20(3)8-10-21/h4-10H2,1-3H3,(H,18,22)(H,19,23). The van der Waals surface area contributed by atoms with E-state index >= 15 is 0 Å². The number of nitrogens with one attached hydrogen (secondary N) is 2. The number of rotatable bonds is 5. The second-order valence-electron chi connectivity index (χ2n) is 6.15. The van der Waals surface area contributed by atoms with Crippen LogP contribution < -0.4 is 10.9 Å². The van der Waals surface area contributed by atoms with Gasteiger partial charge in [-0.1, -0.05) is 11.6 Å². The van der Waals surface area contributed by atoms with Crippen LogP contribution in [0.15, 0.2) is 4.79 Å². The number of carbonyl (C=O) groups excluding carboxylic acids is 1. The SMILES string of the molecule is Cc1[nH]c(=O)c(C(=O)NCCCN2CCN(C)CC2)c(C)c1Cl. The number of hydrogen-bond donors (Lipinski definition) is 2. The molecule has 0 aliphatic carbocycles. The van der Waals surface area contributed by atoms with E-state index in [1.54, 1.807) is 13.8 Å². The molecule has 1 aromatic rings. The molecule has 7 heteroatoms. The van der Waals surface area contributed by atoms with Gasteiger partial charge >= 0.3 is 0 Å². The summed E-state index contributed by atoms with van der Waals surface area (Å²) in [6.45, 7) is 9.23. The number of nitrogens with zero attached hydrogens (tertiary/aromatic N) is 2. The lowest BCUT2D eigenvalue weighted by atomic mass is 10.1. The zero-order valence-electron chi connectivity index (χ0n) is 14.0. The van der Waals surface area contributed by atoms with E-state index in [1.807, 2.05) is 0 Å². The van der Waals surface area contributed by atoms with Gasteiger partial charge in [-0.2, -0.15) is 0 Å². The van der Waals surface area contributed by atoms with Crippen molar-refractivity contribution in [2.75, 3.05) is 46.3 Å². The molecule has 0 saturated carbocycles. The Morgan fingerprint density at radius 3 is 2.57 bits per heavy atom. The summed E-state index contributed by atoms with van der Waals surface area (Å²) in [6.07, 6.45) is 0.867. The first-order valence-corrected chi connectivity index (χ1v) is 8.36. The van der Waals surface area contributed by atoms with Gasteiger partial charge in [0.15, 0.2) is 0 Å². The summed E-state index contributed by atoms with van der Waals surface area (Å²) < 4.78 is 0. The molecule has 0 atom stereocenters. The molecule has 0 aromatic carbocycles. The minimum absolute atomic E-state index is 0.111. The quantitative estimate of drug-likeness (QED) is 0.785. The molecule has 2 rings (SSSR count). The van der Waals surface area contributed by atoms with Crippen molar-refractivity contribution >= 4 is 17.5 Å². The number of hydrogen-bond acceptors (Lipinski definition) is 4. The first-order chi connectivity index (χ1) is 10.9. The third kappa shape index (κ3) is 4.56. The lowest BCUT2D eigenvalue weighted by Gasteiger charge is -2.32. The van der Waals surface area contributed by atoms with Gasteiger partial charge in [-0.25, -0.2) is 0 Å². The van der Waals surface area contributed by atoms with Crippen molar-refractivity contribution in [3.8, 4) is 0 Å². The smallest absolute Gasteiger partial charge is 0.261 e. The third-order valence-electron chi connectivity index (χ3n) is 4.32. The van der Waals surface area contributed by atoms with Crippen LogP contribution in [0.3, 0.4) is 0 Å². The maximum Gasteiger partial charge on any atom is 0.261 e. The van der Waals surface area contributed by atoms with Crippen LogP contribution in [-0.2, 0) is 0 Å². The number of aromatic nitrogens is 1. The second kappa shape index (κ2) is 7.95. The summed E-state index contributed by atoms with van der Waals surface area (Å²) >= 11 is 6.11. The lowest BCUT2D eigenvalue weighted by molar-refractivity contribution is 0.0947. The minimum Gasteiger partial charge on any atom is -0.352 e. The van der Waals surface area contributed by atoms with Crippen molar-refractivity contribution in [1.82, 2.24) is 20.1 Å². The van der Waals surface area contributed by atoms with Crippen LogP contribution >= 0.6 is 11.6 Å². The first kappa shape index (κ1) is 18.0. The van der Waals surface area contributed by atoms with Crippen molar-refractivity contribution in [1.29, 1.82) is 0 Å². The van der Waals surface area contributed by atoms with E-state index in [-0.39, 0.29) is 17.0 Å². The zero-order chi connectivity index (χ0) is 17.0. The summed E-state index contributed by atoms with van der Waals surface area (Å²) in [7, 11) is 2.13. The molecule has 1 saturated heterocycles. The van der Waals surface area contributed by atoms with Gasteiger partial charge in [0.05, 0.1) is 5.02 Å². The van der Waals surface area contributed by atoms with E-state index in [0.717, 1.165) is 39.1 Å². The molecule has 1 aliphatic rings. The number of carbonyl (C=O) groups is 1. The second-order valence-corrected chi connectivity index (χ2v) is 6.53. The Bertz CT molecular complexity index is 621. The zero-order valence-corrected chi connectivity index (χ0v) is 14.8. The van der Waals surface area contributed by atoms with Crippen LogP contribution in [0.1, 0.15) is 28.0 Å². The summed E-state index contributed by atoms with van der Waals surface area (Å²) in [5.74, 6) is -0.357. The molecule has 6 nitrogen and oxygen atoms in total. The van der Waals surface area contributed by atoms with E-state index in [2.05, 4.69) is 27.1 Å². The summed E-state index contributed by atoms with van der Waals surface area (Å²) in [6, 6.07) is 0. The predicted molar refractivity (Wildman–Crippen MR) is 92.4 cm³/mol. The van der Waals surface area contributed by atoms with E-state index in [9.17, 15) is 9.59 Å². The Labute approximate surface area is 141 Å². The number of likely N-dealkylation sites (N-methyl/N-ethyl adjacent to an activating group) is 1. The van der Waals surface area contributed by atoms with E-state index in [0.29, 0.717) is 22.8 Å². The van der Waals surface area contributed by atoms with Gasteiger partial charge in [-0.05, 0) is 39.4 Å². The van der Waals surface area contributed by atoms with Crippen LogP contribution in [0.2, 0.25) is 5.02 Å². The van der Waals surface area contributed by atoms with Crippen molar-refractivity contribution in [3.63, 3.8) is 0 Å². The van der Waals surface area contributed by atoms with E-state index < -0.39 is 0 Å². The molecule has 0 spiro atoms. The van der Waals surface area contributed by atoms with Crippen molar-refractivity contribution < 1.29 is 4.79 Å². The first-order valence-electron chi connectivity index (χ1n) is 7.98. The summed E-state index contributed by atoms with van der Waals surface area (Å²) in [5.41, 5.74) is 0.839. The molecule has 2 N–H and O–H groups in total. The Balaban J connectivity index is 1.84. The van der Waals surface area contributed by atoms with Gasteiger partial charge in [0.25, 0.3) is 11.5 Å².